The highest BCUT2D eigenvalue weighted by atomic mass is 16.5. The molecule has 0 saturated carbocycles. The Bertz CT molecular complexity index is 432. The van der Waals surface area contributed by atoms with Gasteiger partial charge in [0.1, 0.15) is 11.6 Å². The topological polar surface area (TPSA) is 88.2 Å². The predicted molar refractivity (Wildman–Crippen MR) is 64.4 cm³/mol. The first-order chi connectivity index (χ1) is 8.08. The van der Waals surface area contributed by atoms with Gasteiger partial charge in [0.15, 0.2) is 0 Å². The summed E-state index contributed by atoms with van der Waals surface area (Å²) in [6, 6.07) is 7.06. The minimum atomic E-state index is -0.270. The molecule has 0 bridgehead atoms. The summed E-state index contributed by atoms with van der Waals surface area (Å²) in [7, 11) is 3.17. The third kappa shape index (κ3) is 3.37. The van der Waals surface area contributed by atoms with Crippen LogP contribution in [-0.4, -0.2) is 31.1 Å². The molecule has 0 aliphatic carbocycles. The monoisotopic (exact) mass is 237 g/mol. The number of nitrogens with two attached hydrogens (primary N) is 1. The maximum atomic E-state index is 11.7. The third-order valence-electron chi connectivity index (χ3n) is 2.28. The number of rotatable bonds is 4. The van der Waals surface area contributed by atoms with E-state index >= 15 is 0 Å². The molecule has 0 spiro atoms. The van der Waals surface area contributed by atoms with Crippen molar-refractivity contribution in [3.8, 4) is 5.75 Å². The first-order valence-corrected chi connectivity index (χ1v) is 4.95. The number of nitrogens with zero attached hydrogens (tertiary/aromatic N) is 2. The van der Waals surface area contributed by atoms with E-state index in [2.05, 4.69) is 5.16 Å². The summed E-state index contributed by atoms with van der Waals surface area (Å²) >= 11 is 0. The number of benzene rings is 1. The Morgan fingerprint density at radius 2 is 2.29 bits per heavy atom. The maximum absolute atomic E-state index is 11.7. The Hall–Kier alpha value is -2.24. The van der Waals surface area contributed by atoms with Crippen LogP contribution in [0.3, 0.4) is 0 Å². The number of methoxy groups -OCH3 is 1. The van der Waals surface area contributed by atoms with E-state index in [-0.39, 0.29) is 18.2 Å². The van der Waals surface area contributed by atoms with Gasteiger partial charge in [-0.25, -0.2) is 0 Å². The fourth-order valence-electron chi connectivity index (χ4n) is 1.27. The Labute approximate surface area is 99.3 Å². The second-order valence-electron chi connectivity index (χ2n) is 3.42. The van der Waals surface area contributed by atoms with Gasteiger partial charge in [0.05, 0.1) is 13.5 Å². The summed E-state index contributed by atoms with van der Waals surface area (Å²) in [6.45, 7) is 0. The Balaban J connectivity index is 2.81. The van der Waals surface area contributed by atoms with Gasteiger partial charge >= 0.3 is 0 Å². The van der Waals surface area contributed by atoms with Crippen LogP contribution in [0.4, 0.5) is 5.69 Å². The predicted octanol–water partition coefficient (Wildman–Crippen LogP) is 0.794. The molecule has 0 heterocycles. The first kappa shape index (κ1) is 12.8. The van der Waals surface area contributed by atoms with Crippen molar-refractivity contribution >= 4 is 17.4 Å². The van der Waals surface area contributed by atoms with Gasteiger partial charge in [-0.05, 0) is 12.1 Å². The van der Waals surface area contributed by atoms with Crippen LogP contribution < -0.4 is 15.4 Å². The molecule has 6 nitrogen and oxygen atoms in total. The van der Waals surface area contributed by atoms with Gasteiger partial charge < -0.3 is 20.6 Å². The van der Waals surface area contributed by atoms with Crippen molar-refractivity contribution < 1.29 is 14.7 Å². The minimum absolute atomic E-state index is 0.121. The normalized spacial score (nSPS) is 11.1. The van der Waals surface area contributed by atoms with Crippen LogP contribution in [0.1, 0.15) is 6.42 Å². The van der Waals surface area contributed by atoms with Crippen molar-refractivity contribution in [2.45, 2.75) is 6.42 Å². The summed E-state index contributed by atoms with van der Waals surface area (Å²) in [5, 5.41) is 11.2. The van der Waals surface area contributed by atoms with E-state index < -0.39 is 0 Å². The van der Waals surface area contributed by atoms with E-state index in [4.69, 9.17) is 15.7 Å². The van der Waals surface area contributed by atoms with E-state index in [1.54, 1.807) is 38.4 Å². The summed E-state index contributed by atoms with van der Waals surface area (Å²) in [5.41, 5.74) is 5.95. The van der Waals surface area contributed by atoms with Gasteiger partial charge in [-0.1, -0.05) is 11.2 Å². The number of carbonyl (C=O) groups is 1. The zero-order chi connectivity index (χ0) is 12.8. The van der Waals surface area contributed by atoms with E-state index in [0.29, 0.717) is 11.4 Å². The van der Waals surface area contributed by atoms with E-state index in [9.17, 15) is 4.79 Å². The third-order valence-corrected chi connectivity index (χ3v) is 2.28. The molecule has 0 saturated heterocycles. The molecule has 0 radical (unpaired) electrons. The van der Waals surface area contributed by atoms with Crippen molar-refractivity contribution in [2.75, 3.05) is 19.1 Å². The van der Waals surface area contributed by atoms with Gasteiger partial charge in [0.2, 0.25) is 5.91 Å². The second kappa shape index (κ2) is 5.74. The molecule has 1 rings (SSSR count). The summed E-state index contributed by atoms with van der Waals surface area (Å²) in [4.78, 5) is 13.1. The number of carbonyl (C=O) groups excluding carboxylic acids is 1. The number of amides is 1. The summed E-state index contributed by atoms with van der Waals surface area (Å²) in [6.07, 6.45) is -0.135. The number of hydrogen-bond acceptors (Lipinski definition) is 4. The fraction of sp³-hybridized carbons (Fsp3) is 0.273. The van der Waals surface area contributed by atoms with Crippen LogP contribution in [0.15, 0.2) is 29.4 Å². The molecule has 0 aliphatic heterocycles. The molecule has 1 amide bonds. The first-order valence-electron chi connectivity index (χ1n) is 4.95. The molecule has 0 atom stereocenters. The van der Waals surface area contributed by atoms with Crippen LogP contribution >= 0.6 is 0 Å². The largest absolute Gasteiger partial charge is 0.497 e. The van der Waals surface area contributed by atoms with Gasteiger partial charge in [-0.2, -0.15) is 0 Å². The fourth-order valence-corrected chi connectivity index (χ4v) is 1.27. The van der Waals surface area contributed by atoms with E-state index in [0.717, 1.165) is 0 Å². The Morgan fingerprint density at radius 3 is 2.88 bits per heavy atom. The standard InChI is InChI=1S/C11H15N3O3/c1-14(11(15)7-10(12)13-16)8-4-3-5-9(6-8)17-2/h3-6,16H,7H2,1-2H3,(H2,12,13). The molecule has 0 aromatic heterocycles. The average molecular weight is 237 g/mol. The van der Waals surface area contributed by atoms with Crippen molar-refractivity contribution in [3.63, 3.8) is 0 Å². The van der Waals surface area contributed by atoms with Gasteiger partial charge in [0.25, 0.3) is 0 Å². The molecule has 3 N–H and O–H groups in total. The lowest BCUT2D eigenvalue weighted by Gasteiger charge is -2.17. The smallest absolute Gasteiger partial charge is 0.234 e. The maximum Gasteiger partial charge on any atom is 0.234 e. The molecule has 17 heavy (non-hydrogen) atoms. The van der Waals surface area contributed by atoms with Crippen LogP contribution in [-0.2, 0) is 4.79 Å². The lowest BCUT2D eigenvalue weighted by atomic mass is 10.2. The molecule has 0 unspecified atom stereocenters. The highest BCUT2D eigenvalue weighted by molar-refractivity contribution is 6.05. The molecule has 1 aromatic carbocycles. The quantitative estimate of drug-likeness (QED) is 0.351. The molecular formula is C11H15N3O3. The van der Waals surface area contributed by atoms with Gasteiger partial charge in [0, 0.05) is 18.8 Å². The zero-order valence-corrected chi connectivity index (χ0v) is 9.75. The summed E-state index contributed by atoms with van der Waals surface area (Å²) < 4.78 is 5.06. The molecular weight excluding hydrogens is 222 g/mol. The average Bonchev–Trinajstić information content (AvgIpc) is 2.37. The Morgan fingerprint density at radius 1 is 1.59 bits per heavy atom. The van der Waals surface area contributed by atoms with Gasteiger partial charge in [-0.3, -0.25) is 4.79 Å². The van der Waals surface area contributed by atoms with Crippen molar-refractivity contribution in [2.24, 2.45) is 10.9 Å². The van der Waals surface area contributed by atoms with Gasteiger partial charge in [-0.15, -0.1) is 0 Å². The van der Waals surface area contributed by atoms with Crippen LogP contribution in [0.25, 0.3) is 0 Å². The zero-order valence-electron chi connectivity index (χ0n) is 9.75. The lowest BCUT2D eigenvalue weighted by molar-refractivity contribution is -0.117. The number of ether oxygens (including phenoxy) is 1. The number of oxime groups is 1. The van der Waals surface area contributed by atoms with E-state index in [1.165, 1.54) is 4.90 Å². The number of hydrogen-bond donors (Lipinski definition) is 2. The van der Waals surface area contributed by atoms with Crippen molar-refractivity contribution in [3.05, 3.63) is 24.3 Å². The molecule has 92 valence electrons. The van der Waals surface area contributed by atoms with Crippen LogP contribution in [0.5, 0.6) is 5.75 Å². The molecule has 1 aromatic rings. The second-order valence-corrected chi connectivity index (χ2v) is 3.42. The molecule has 6 heteroatoms. The summed E-state index contributed by atoms with van der Waals surface area (Å²) in [5.74, 6) is 0.268. The van der Waals surface area contributed by atoms with Crippen molar-refractivity contribution in [1.82, 2.24) is 0 Å². The molecule has 0 fully saturated rings. The minimum Gasteiger partial charge on any atom is -0.497 e. The van der Waals surface area contributed by atoms with Crippen LogP contribution in [0, 0.1) is 0 Å². The van der Waals surface area contributed by atoms with Crippen molar-refractivity contribution in [1.29, 1.82) is 0 Å². The van der Waals surface area contributed by atoms with E-state index in [1.807, 2.05) is 0 Å². The van der Waals surface area contributed by atoms with Crippen LogP contribution in [0.2, 0.25) is 0 Å². The molecule has 0 aliphatic rings. The highest BCUT2D eigenvalue weighted by Gasteiger charge is 2.13. The highest BCUT2D eigenvalue weighted by Crippen LogP contribution is 2.20. The lowest BCUT2D eigenvalue weighted by Crippen LogP contribution is -2.30. The number of anilines is 1. The SMILES string of the molecule is COc1cccc(N(C)C(=O)CC(N)=NO)c1. The Kier molecular flexibility index (Phi) is 4.33. The number of amidine groups is 1.